The number of nitrogens with one attached hydrogen (secondary N) is 1. The number of hydrogen-bond acceptors (Lipinski definition) is 7. The molecule has 3 aromatic rings. The lowest BCUT2D eigenvalue weighted by Crippen LogP contribution is -2.23. The van der Waals surface area contributed by atoms with Crippen LogP contribution in [-0.4, -0.2) is 39.7 Å². The SMILES string of the molecule is Cc1ccnc(NC[C@@H]2CCN(Cc3nnc(-c4ccco4)o3)C2)c1. The van der Waals surface area contributed by atoms with Gasteiger partial charge in [-0.2, -0.15) is 0 Å². The Labute approximate surface area is 146 Å². The summed E-state index contributed by atoms with van der Waals surface area (Å²) in [5.74, 6) is 3.20. The molecule has 0 radical (unpaired) electrons. The highest BCUT2D eigenvalue weighted by atomic mass is 16.4. The summed E-state index contributed by atoms with van der Waals surface area (Å²) < 4.78 is 11.0. The van der Waals surface area contributed by atoms with Crippen LogP contribution in [-0.2, 0) is 6.54 Å². The van der Waals surface area contributed by atoms with Gasteiger partial charge in [0.25, 0.3) is 5.89 Å². The molecule has 3 aromatic heterocycles. The predicted molar refractivity (Wildman–Crippen MR) is 92.8 cm³/mol. The van der Waals surface area contributed by atoms with E-state index in [4.69, 9.17) is 8.83 Å². The van der Waals surface area contributed by atoms with E-state index < -0.39 is 0 Å². The van der Waals surface area contributed by atoms with Crippen molar-refractivity contribution in [3.8, 4) is 11.7 Å². The fourth-order valence-corrected chi connectivity index (χ4v) is 3.11. The zero-order valence-corrected chi connectivity index (χ0v) is 14.2. The molecule has 4 heterocycles. The Hall–Kier alpha value is -2.67. The normalized spacial score (nSPS) is 17.9. The monoisotopic (exact) mass is 339 g/mol. The molecule has 7 nitrogen and oxygen atoms in total. The maximum absolute atomic E-state index is 5.68. The van der Waals surface area contributed by atoms with Gasteiger partial charge in [0.05, 0.1) is 12.8 Å². The average Bonchev–Trinajstić information content (AvgIpc) is 3.35. The highest BCUT2D eigenvalue weighted by Gasteiger charge is 2.24. The van der Waals surface area contributed by atoms with Crippen molar-refractivity contribution >= 4 is 5.82 Å². The zero-order chi connectivity index (χ0) is 17.1. The number of nitrogens with zero attached hydrogens (tertiary/aromatic N) is 4. The number of pyridine rings is 1. The molecule has 0 spiro atoms. The lowest BCUT2D eigenvalue weighted by molar-refractivity contribution is 0.282. The van der Waals surface area contributed by atoms with E-state index in [2.05, 4.69) is 38.4 Å². The summed E-state index contributed by atoms with van der Waals surface area (Å²) in [6, 6.07) is 7.69. The molecule has 0 bridgehead atoms. The van der Waals surface area contributed by atoms with Crippen LogP contribution >= 0.6 is 0 Å². The Morgan fingerprint density at radius 1 is 1.32 bits per heavy atom. The summed E-state index contributed by atoms with van der Waals surface area (Å²) in [6.45, 7) is 5.72. The minimum Gasteiger partial charge on any atom is -0.459 e. The van der Waals surface area contributed by atoms with Gasteiger partial charge in [0.1, 0.15) is 5.82 Å². The fraction of sp³-hybridized carbons (Fsp3) is 0.389. The Balaban J connectivity index is 1.28. The van der Waals surface area contributed by atoms with Crippen LogP contribution in [0.25, 0.3) is 11.7 Å². The van der Waals surface area contributed by atoms with Gasteiger partial charge in [0.2, 0.25) is 5.89 Å². The molecule has 0 saturated carbocycles. The van der Waals surface area contributed by atoms with Gasteiger partial charge >= 0.3 is 0 Å². The maximum atomic E-state index is 5.68. The average molecular weight is 339 g/mol. The standard InChI is InChI=1S/C18H21N5O2/c1-13-4-6-19-16(9-13)20-10-14-5-7-23(11-14)12-17-21-22-18(25-17)15-3-2-8-24-15/h2-4,6,8-9,14H,5,7,10-12H2,1H3,(H,19,20)/t14-/m0/s1. The van der Waals surface area contributed by atoms with Crippen LogP contribution in [0.2, 0.25) is 0 Å². The quantitative estimate of drug-likeness (QED) is 0.739. The van der Waals surface area contributed by atoms with Crippen LogP contribution in [0.4, 0.5) is 5.82 Å². The molecule has 1 saturated heterocycles. The Morgan fingerprint density at radius 3 is 3.12 bits per heavy atom. The molecule has 1 aliphatic rings. The lowest BCUT2D eigenvalue weighted by atomic mass is 10.1. The van der Waals surface area contributed by atoms with Crippen LogP contribution in [0.3, 0.4) is 0 Å². The molecule has 0 aliphatic carbocycles. The Morgan fingerprint density at radius 2 is 2.28 bits per heavy atom. The summed E-state index contributed by atoms with van der Waals surface area (Å²) in [5, 5.41) is 11.6. The molecule has 1 N–H and O–H groups in total. The smallest absolute Gasteiger partial charge is 0.283 e. The van der Waals surface area contributed by atoms with Gasteiger partial charge in [0.15, 0.2) is 5.76 Å². The molecule has 0 amide bonds. The fourth-order valence-electron chi connectivity index (χ4n) is 3.11. The molecule has 0 unspecified atom stereocenters. The van der Waals surface area contributed by atoms with E-state index in [1.54, 1.807) is 12.3 Å². The number of likely N-dealkylation sites (tertiary alicyclic amines) is 1. The topological polar surface area (TPSA) is 80.2 Å². The maximum Gasteiger partial charge on any atom is 0.283 e. The summed E-state index contributed by atoms with van der Waals surface area (Å²) in [6.07, 6.45) is 4.59. The first-order valence-corrected chi connectivity index (χ1v) is 8.51. The summed E-state index contributed by atoms with van der Waals surface area (Å²) >= 11 is 0. The lowest BCUT2D eigenvalue weighted by Gasteiger charge is -2.14. The molecule has 4 rings (SSSR count). The highest BCUT2D eigenvalue weighted by Crippen LogP contribution is 2.22. The van der Waals surface area contributed by atoms with Crippen molar-refractivity contribution in [3.05, 3.63) is 48.2 Å². The van der Waals surface area contributed by atoms with E-state index in [-0.39, 0.29) is 0 Å². The van der Waals surface area contributed by atoms with Crippen molar-refractivity contribution in [2.75, 3.05) is 25.0 Å². The number of aryl methyl sites for hydroxylation is 1. The number of furan rings is 1. The van der Waals surface area contributed by atoms with Gasteiger partial charge in [-0.25, -0.2) is 4.98 Å². The van der Waals surface area contributed by atoms with Crippen molar-refractivity contribution < 1.29 is 8.83 Å². The minimum absolute atomic E-state index is 0.433. The van der Waals surface area contributed by atoms with Crippen molar-refractivity contribution in [1.29, 1.82) is 0 Å². The predicted octanol–water partition coefficient (Wildman–Crippen LogP) is 2.97. The zero-order valence-electron chi connectivity index (χ0n) is 14.2. The minimum atomic E-state index is 0.433. The van der Waals surface area contributed by atoms with E-state index in [1.807, 2.05) is 18.3 Å². The third-order valence-electron chi connectivity index (χ3n) is 4.41. The Bertz CT molecular complexity index is 815. The largest absolute Gasteiger partial charge is 0.459 e. The van der Waals surface area contributed by atoms with E-state index in [0.29, 0.717) is 30.0 Å². The molecule has 0 aromatic carbocycles. The first-order valence-electron chi connectivity index (χ1n) is 8.51. The molecule has 1 fully saturated rings. The molecule has 1 atom stereocenters. The van der Waals surface area contributed by atoms with Gasteiger partial charge in [-0.3, -0.25) is 4.90 Å². The summed E-state index contributed by atoms with van der Waals surface area (Å²) in [4.78, 5) is 6.69. The van der Waals surface area contributed by atoms with Gasteiger partial charge in [-0.15, -0.1) is 10.2 Å². The van der Waals surface area contributed by atoms with Crippen LogP contribution in [0.15, 0.2) is 45.6 Å². The number of anilines is 1. The second kappa shape index (κ2) is 7.06. The first kappa shape index (κ1) is 15.8. The van der Waals surface area contributed by atoms with Crippen molar-refractivity contribution in [2.24, 2.45) is 5.92 Å². The Kier molecular flexibility index (Phi) is 4.47. The molecule has 130 valence electrons. The van der Waals surface area contributed by atoms with Crippen LogP contribution in [0.1, 0.15) is 17.9 Å². The highest BCUT2D eigenvalue weighted by molar-refractivity contribution is 5.42. The molecule has 7 heteroatoms. The molecule has 25 heavy (non-hydrogen) atoms. The van der Waals surface area contributed by atoms with Crippen molar-refractivity contribution in [1.82, 2.24) is 20.1 Å². The number of hydrogen-bond donors (Lipinski definition) is 1. The summed E-state index contributed by atoms with van der Waals surface area (Å²) in [5.41, 5.74) is 1.22. The van der Waals surface area contributed by atoms with Gasteiger partial charge in [-0.05, 0) is 55.6 Å². The van der Waals surface area contributed by atoms with Gasteiger partial charge in [0, 0.05) is 19.3 Å². The van der Waals surface area contributed by atoms with Crippen LogP contribution in [0, 0.1) is 12.8 Å². The van der Waals surface area contributed by atoms with E-state index in [0.717, 1.165) is 31.9 Å². The second-order valence-corrected chi connectivity index (χ2v) is 6.47. The third-order valence-corrected chi connectivity index (χ3v) is 4.41. The first-order chi connectivity index (χ1) is 12.3. The van der Waals surface area contributed by atoms with Gasteiger partial charge in [-0.1, -0.05) is 0 Å². The third kappa shape index (κ3) is 3.88. The van der Waals surface area contributed by atoms with Gasteiger partial charge < -0.3 is 14.2 Å². The van der Waals surface area contributed by atoms with Crippen LogP contribution < -0.4 is 5.32 Å². The molecular weight excluding hydrogens is 318 g/mol. The molecule has 1 aliphatic heterocycles. The van der Waals surface area contributed by atoms with Crippen molar-refractivity contribution in [3.63, 3.8) is 0 Å². The second-order valence-electron chi connectivity index (χ2n) is 6.47. The van der Waals surface area contributed by atoms with E-state index in [1.165, 1.54) is 5.56 Å². The summed E-state index contributed by atoms with van der Waals surface area (Å²) in [7, 11) is 0. The van der Waals surface area contributed by atoms with E-state index in [9.17, 15) is 0 Å². The van der Waals surface area contributed by atoms with E-state index >= 15 is 0 Å². The number of aromatic nitrogens is 3. The van der Waals surface area contributed by atoms with Crippen LogP contribution in [0.5, 0.6) is 0 Å². The number of rotatable bonds is 6. The molecular formula is C18H21N5O2. The van der Waals surface area contributed by atoms with Crippen molar-refractivity contribution in [2.45, 2.75) is 19.9 Å².